The van der Waals surface area contributed by atoms with Crippen LogP contribution in [0.4, 0.5) is 4.39 Å². The van der Waals surface area contributed by atoms with Crippen LogP contribution in [-0.2, 0) is 5.11 Å². The smallest absolute Gasteiger partial charge is 0.0973 e. The molecule has 1 aliphatic rings. The molecule has 1 rings (SSSR count). The Labute approximate surface area is 61.2 Å². The lowest BCUT2D eigenvalue weighted by molar-refractivity contribution is 0.0188. The van der Waals surface area contributed by atoms with Crippen LogP contribution in [0.3, 0.4) is 0 Å². The van der Waals surface area contributed by atoms with E-state index in [0.717, 1.165) is 25.7 Å². The van der Waals surface area contributed by atoms with Crippen LogP contribution in [-0.4, -0.2) is 13.3 Å². The van der Waals surface area contributed by atoms with Crippen molar-refractivity contribution in [3.63, 3.8) is 0 Å². The van der Waals surface area contributed by atoms with Crippen molar-refractivity contribution >= 4 is 0 Å². The van der Waals surface area contributed by atoms with Gasteiger partial charge in [0.05, 0.1) is 13.3 Å². The van der Waals surface area contributed by atoms with Gasteiger partial charge in [0.15, 0.2) is 0 Å². The highest BCUT2D eigenvalue weighted by molar-refractivity contribution is 4.81. The average molecular weight is 145 g/mol. The lowest BCUT2D eigenvalue weighted by atomic mass is 9.76. The van der Waals surface area contributed by atoms with Crippen LogP contribution in [0, 0.1) is 5.41 Å². The van der Waals surface area contributed by atoms with Gasteiger partial charge in [0.1, 0.15) is 0 Å². The van der Waals surface area contributed by atoms with E-state index < -0.39 is 12.1 Å². The van der Waals surface area contributed by atoms with Crippen molar-refractivity contribution in [3.05, 3.63) is 0 Å². The number of alkyl halides is 1. The van der Waals surface area contributed by atoms with E-state index in [1.807, 2.05) is 0 Å². The van der Waals surface area contributed by atoms with Crippen LogP contribution in [0.1, 0.15) is 32.1 Å². The number of halogens is 1. The Hall–Kier alpha value is -0.110. The molecular formula is C8H14FO. The first-order chi connectivity index (χ1) is 4.83. The molecule has 0 atom stereocenters. The molecule has 0 aliphatic heterocycles. The molecule has 0 unspecified atom stereocenters. The number of hydrogen-bond donors (Lipinski definition) is 0. The molecular weight excluding hydrogens is 131 g/mol. The van der Waals surface area contributed by atoms with Gasteiger partial charge in [-0.25, -0.2) is 5.11 Å². The van der Waals surface area contributed by atoms with Gasteiger partial charge in [-0.1, -0.05) is 19.3 Å². The summed E-state index contributed by atoms with van der Waals surface area (Å²) in [4.78, 5) is 0. The van der Waals surface area contributed by atoms with Gasteiger partial charge in [-0.3, -0.25) is 4.39 Å². The Bertz CT molecular complexity index is 91.4. The Morgan fingerprint density at radius 2 is 1.80 bits per heavy atom. The zero-order valence-electron chi connectivity index (χ0n) is 6.24. The van der Waals surface area contributed by atoms with E-state index in [4.69, 9.17) is 0 Å². The second-order valence-corrected chi connectivity index (χ2v) is 3.34. The topological polar surface area (TPSA) is 19.9 Å². The zero-order chi connectivity index (χ0) is 7.45. The van der Waals surface area contributed by atoms with Crippen molar-refractivity contribution in [2.24, 2.45) is 5.41 Å². The van der Waals surface area contributed by atoms with Gasteiger partial charge in [0, 0.05) is 5.41 Å². The highest BCUT2D eigenvalue weighted by atomic mass is 19.1. The zero-order valence-corrected chi connectivity index (χ0v) is 6.24. The third-order valence-corrected chi connectivity index (χ3v) is 2.50. The van der Waals surface area contributed by atoms with Crippen molar-refractivity contribution < 1.29 is 9.50 Å². The molecule has 0 N–H and O–H groups in total. The molecule has 1 nitrogen and oxygen atoms in total. The predicted octanol–water partition coefficient (Wildman–Crippen LogP) is 2.34. The van der Waals surface area contributed by atoms with Crippen molar-refractivity contribution in [2.75, 3.05) is 13.3 Å². The van der Waals surface area contributed by atoms with Crippen LogP contribution in [0.2, 0.25) is 0 Å². The summed E-state index contributed by atoms with van der Waals surface area (Å²) in [6, 6.07) is 0. The Morgan fingerprint density at radius 1 is 1.20 bits per heavy atom. The molecule has 0 saturated heterocycles. The summed E-state index contributed by atoms with van der Waals surface area (Å²) >= 11 is 0. The maximum Gasteiger partial charge on any atom is 0.0973 e. The Kier molecular flexibility index (Phi) is 2.66. The Morgan fingerprint density at radius 3 is 2.10 bits per heavy atom. The van der Waals surface area contributed by atoms with Gasteiger partial charge in [0.2, 0.25) is 0 Å². The van der Waals surface area contributed by atoms with Crippen LogP contribution >= 0.6 is 0 Å². The highest BCUT2D eigenvalue weighted by Gasteiger charge is 2.31. The molecule has 59 valence electrons. The first kappa shape index (κ1) is 7.99. The first-order valence-corrected chi connectivity index (χ1v) is 3.97. The van der Waals surface area contributed by atoms with E-state index >= 15 is 0 Å². The quantitative estimate of drug-likeness (QED) is 0.568. The molecule has 1 fully saturated rings. The molecule has 0 amide bonds. The average Bonchev–Trinajstić information content (AvgIpc) is 2.06. The second kappa shape index (κ2) is 3.33. The molecule has 0 aromatic heterocycles. The minimum atomic E-state index is -0.460. The van der Waals surface area contributed by atoms with Crippen molar-refractivity contribution in [1.29, 1.82) is 0 Å². The van der Waals surface area contributed by atoms with E-state index in [1.165, 1.54) is 6.42 Å². The SMILES string of the molecule is [O]CC1(CF)CCCCC1. The summed E-state index contributed by atoms with van der Waals surface area (Å²) in [5.41, 5.74) is -0.460. The maximum absolute atomic E-state index is 12.3. The minimum Gasteiger partial charge on any atom is -0.250 e. The van der Waals surface area contributed by atoms with Gasteiger partial charge in [-0.2, -0.15) is 0 Å². The first-order valence-electron chi connectivity index (χ1n) is 3.97. The van der Waals surface area contributed by atoms with Crippen LogP contribution in [0.25, 0.3) is 0 Å². The maximum atomic E-state index is 12.3. The van der Waals surface area contributed by atoms with Crippen molar-refractivity contribution in [1.82, 2.24) is 0 Å². The predicted molar refractivity (Wildman–Crippen MR) is 37.0 cm³/mol. The van der Waals surface area contributed by atoms with Gasteiger partial charge >= 0.3 is 0 Å². The van der Waals surface area contributed by atoms with Crippen LogP contribution in [0.15, 0.2) is 0 Å². The van der Waals surface area contributed by atoms with Gasteiger partial charge in [0.25, 0.3) is 0 Å². The van der Waals surface area contributed by atoms with Crippen molar-refractivity contribution in [3.8, 4) is 0 Å². The lowest BCUT2D eigenvalue weighted by Crippen LogP contribution is -2.29. The summed E-state index contributed by atoms with van der Waals surface area (Å²) in [6.45, 7) is -0.625. The standard InChI is InChI=1S/C8H14FO/c9-6-8(7-10)4-2-1-3-5-8/h1-7H2. The largest absolute Gasteiger partial charge is 0.250 e. The van der Waals surface area contributed by atoms with E-state index in [0.29, 0.717) is 0 Å². The highest BCUT2D eigenvalue weighted by Crippen LogP contribution is 2.36. The molecule has 0 heterocycles. The monoisotopic (exact) mass is 145 g/mol. The van der Waals surface area contributed by atoms with E-state index in [9.17, 15) is 9.50 Å². The van der Waals surface area contributed by atoms with Gasteiger partial charge < -0.3 is 0 Å². The van der Waals surface area contributed by atoms with E-state index in [2.05, 4.69) is 0 Å². The summed E-state index contributed by atoms with van der Waals surface area (Å²) < 4.78 is 12.3. The van der Waals surface area contributed by atoms with Crippen LogP contribution < -0.4 is 0 Å². The number of rotatable bonds is 2. The second-order valence-electron chi connectivity index (χ2n) is 3.34. The fourth-order valence-corrected chi connectivity index (χ4v) is 1.62. The molecule has 0 spiro atoms. The van der Waals surface area contributed by atoms with Gasteiger partial charge in [-0.05, 0) is 12.8 Å². The molecule has 0 bridgehead atoms. The van der Waals surface area contributed by atoms with E-state index in [-0.39, 0.29) is 6.61 Å². The number of hydrogen-bond acceptors (Lipinski definition) is 0. The summed E-state index contributed by atoms with van der Waals surface area (Å²) in [7, 11) is 0. The molecule has 0 aromatic carbocycles. The fraction of sp³-hybridized carbons (Fsp3) is 1.00. The molecule has 1 radical (unpaired) electrons. The van der Waals surface area contributed by atoms with E-state index in [1.54, 1.807) is 0 Å². The third-order valence-electron chi connectivity index (χ3n) is 2.50. The molecule has 1 saturated carbocycles. The summed E-state index contributed by atoms with van der Waals surface area (Å²) in [5.74, 6) is 0. The molecule has 2 heteroatoms. The lowest BCUT2D eigenvalue weighted by Gasteiger charge is -2.31. The third kappa shape index (κ3) is 1.48. The summed E-state index contributed by atoms with van der Waals surface area (Å²) in [6.07, 6.45) is 4.90. The van der Waals surface area contributed by atoms with Gasteiger partial charge in [-0.15, -0.1) is 0 Å². The normalized spacial score (nSPS) is 24.6. The minimum absolute atomic E-state index is 0.219. The van der Waals surface area contributed by atoms with Crippen LogP contribution in [0.5, 0.6) is 0 Å². The fourth-order valence-electron chi connectivity index (χ4n) is 1.62. The van der Waals surface area contributed by atoms with Crippen molar-refractivity contribution in [2.45, 2.75) is 32.1 Å². The molecule has 1 aliphatic carbocycles. The summed E-state index contributed by atoms with van der Waals surface area (Å²) in [5, 5.41) is 10.6. The molecule has 10 heavy (non-hydrogen) atoms. The molecule has 0 aromatic rings. The Balaban J connectivity index is 2.44.